The molecule has 0 aromatic heterocycles. The van der Waals surface area contributed by atoms with E-state index in [1.54, 1.807) is 0 Å². The van der Waals surface area contributed by atoms with Crippen LogP contribution in [0.2, 0.25) is 0 Å². The number of hydrogen-bond donors (Lipinski definition) is 1. The van der Waals surface area contributed by atoms with Crippen molar-refractivity contribution in [3.63, 3.8) is 0 Å². The quantitative estimate of drug-likeness (QED) is 0.621. The van der Waals surface area contributed by atoms with Crippen LogP contribution in [0.4, 0.5) is 11.4 Å². The highest BCUT2D eigenvalue weighted by molar-refractivity contribution is 5.81. The molecular weight excluding hydrogens is 152 g/mol. The van der Waals surface area contributed by atoms with E-state index in [4.69, 9.17) is 4.74 Å². The van der Waals surface area contributed by atoms with Crippen molar-refractivity contribution in [1.29, 1.82) is 0 Å². The summed E-state index contributed by atoms with van der Waals surface area (Å²) in [7, 11) is 0. The van der Waals surface area contributed by atoms with Crippen molar-refractivity contribution >= 4 is 11.4 Å². The maximum Gasteiger partial charge on any atom is 0.144 e. The monoisotopic (exact) mass is 162 g/mol. The van der Waals surface area contributed by atoms with E-state index in [1.165, 1.54) is 11.4 Å². The van der Waals surface area contributed by atoms with Gasteiger partial charge in [-0.3, -0.25) is 0 Å². The standard InChI is InChI=1S/C9H10N2O/c1-2-7-9-8(3-1)12-5-4-11(9)6-10-7/h1-3,10H,4-6H2. The average molecular weight is 162 g/mol. The molecule has 0 spiro atoms. The van der Waals surface area contributed by atoms with E-state index in [0.29, 0.717) is 0 Å². The third kappa shape index (κ3) is 0.656. The summed E-state index contributed by atoms with van der Waals surface area (Å²) in [6.45, 7) is 2.73. The highest BCUT2D eigenvalue weighted by Crippen LogP contribution is 2.41. The molecule has 1 aromatic rings. The SMILES string of the molecule is c1cc2c3c(c1)OCCN3CN2. The number of anilines is 2. The summed E-state index contributed by atoms with van der Waals surface area (Å²) in [5.41, 5.74) is 2.44. The van der Waals surface area contributed by atoms with E-state index in [9.17, 15) is 0 Å². The van der Waals surface area contributed by atoms with E-state index in [2.05, 4.69) is 16.3 Å². The molecule has 2 heterocycles. The van der Waals surface area contributed by atoms with Gasteiger partial charge in [0.2, 0.25) is 0 Å². The minimum absolute atomic E-state index is 0.804. The van der Waals surface area contributed by atoms with Crippen LogP contribution in [0.3, 0.4) is 0 Å². The third-order valence-corrected chi connectivity index (χ3v) is 2.39. The second kappa shape index (κ2) is 2.06. The summed E-state index contributed by atoms with van der Waals surface area (Å²) in [4.78, 5) is 2.31. The molecule has 2 aliphatic rings. The van der Waals surface area contributed by atoms with Gasteiger partial charge in [-0.15, -0.1) is 0 Å². The molecule has 0 atom stereocenters. The van der Waals surface area contributed by atoms with Gasteiger partial charge in [0.15, 0.2) is 0 Å². The number of nitrogens with zero attached hydrogens (tertiary/aromatic N) is 1. The number of rotatable bonds is 0. The molecule has 0 saturated heterocycles. The fourth-order valence-corrected chi connectivity index (χ4v) is 1.82. The van der Waals surface area contributed by atoms with Crippen LogP contribution < -0.4 is 15.0 Å². The van der Waals surface area contributed by atoms with E-state index in [-0.39, 0.29) is 0 Å². The van der Waals surface area contributed by atoms with Crippen molar-refractivity contribution in [2.45, 2.75) is 0 Å². The Balaban J connectivity index is 2.23. The van der Waals surface area contributed by atoms with Crippen molar-refractivity contribution < 1.29 is 4.74 Å². The predicted octanol–water partition coefficient (Wildman–Crippen LogP) is 1.27. The number of hydrogen-bond acceptors (Lipinski definition) is 3. The predicted molar refractivity (Wildman–Crippen MR) is 47.8 cm³/mol. The van der Waals surface area contributed by atoms with Crippen LogP contribution in [0.25, 0.3) is 0 Å². The molecule has 2 aliphatic heterocycles. The Labute approximate surface area is 70.9 Å². The molecule has 0 unspecified atom stereocenters. The Morgan fingerprint density at radius 2 is 2.42 bits per heavy atom. The minimum Gasteiger partial charge on any atom is -0.489 e. The molecular formula is C9H10N2O. The number of nitrogens with one attached hydrogen (secondary N) is 1. The molecule has 3 rings (SSSR count). The van der Waals surface area contributed by atoms with Crippen molar-refractivity contribution in [2.24, 2.45) is 0 Å². The summed E-state index contributed by atoms with van der Waals surface area (Å²) in [5.74, 6) is 1.02. The van der Waals surface area contributed by atoms with E-state index in [0.717, 1.165) is 25.6 Å². The van der Waals surface area contributed by atoms with Gasteiger partial charge in [-0.1, -0.05) is 6.07 Å². The summed E-state index contributed by atoms with van der Waals surface area (Å²) in [5, 5.41) is 3.33. The normalized spacial score (nSPS) is 18.2. The molecule has 12 heavy (non-hydrogen) atoms. The lowest BCUT2D eigenvalue weighted by Gasteiger charge is -2.25. The molecule has 0 radical (unpaired) electrons. The van der Waals surface area contributed by atoms with Crippen LogP contribution in [-0.2, 0) is 0 Å². The summed E-state index contributed by atoms with van der Waals surface area (Å²) in [6, 6.07) is 6.14. The Morgan fingerprint density at radius 1 is 1.42 bits per heavy atom. The van der Waals surface area contributed by atoms with Gasteiger partial charge < -0.3 is 15.0 Å². The lowest BCUT2D eigenvalue weighted by molar-refractivity contribution is 0.311. The molecule has 0 bridgehead atoms. The Morgan fingerprint density at radius 3 is 3.42 bits per heavy atom. The highest BCUT2D eigenvalue weighted by Gasteiger charge is 2.25. The van der Waals surface area contributed by atoms with Crippen LogP contribution >= 0.6 is 0 Å². The van der Waals surface area contributed by atoms with Gasteiger partial charge in [-0.05, 0) is 12.1 Å². The Kier molecular flexibility index (Phi) is 1.06. The van der Waals surface area contributed by atoms with Gasteiger partial charge >= 0.3 is 0 Å². The number of para-hydroxylation sites is 1. The topological polar surface area (TPSA) is 24.5 Å². The molecule has 3 nitrogen and oxygen atoms in total. The largest absolute Gasteiger partial charge is 0.489 e. The first-order valence-corrected chi connectivity index (χ1v) is 4.20. The first-order chi connectivity index (χ1) is 5.95. The molecule has 3 heteroatoms. The molecule has 0 amide bonds. The molecule has 1 aromatic carbocycles. The average Bonchev–Trinajstić information content (AvgIpc) is 2.52. The first-order valence-electron chi connectivity index (χ1n) is 4.20. The van der Waals surface area contributed by atoms with Gasteiger partial charge in [0.05, 0.1) is 18.9 Å². The van der Waals surface area contributed by atoms with Gasteiger partial charge in [-0.2, -0.15) is 0 Å². The van der Waals surface area contributed by atoms with Crippen LogP contribution in [0.5, 0.6) is 5.75 Å². The molecule has 0 fully saturated rings. The molecule has 62 valence electrons. The zero-order chi connectivity index (χ0) is 7.97. The highest BCUT2D eigenvalue weighted by atomic mass is 16.5. The zero-order valence-corrected chi connectivity index (χ0v) is 6.71. The zero-order valence-electron chi connectivity index (χ0n) is 6.71. The first kappa shape index (κ1) is 6.17. The van der Waals surface area contributed by atoms with E-state index < -0.39 is 0 Å². The lowest BCUT2D eigenvalue weighted by atomic mass is 10.2. The van der Waals surface area contributed by atoms with Gasteiger partial charge in [-0.25, -0.2) is 0 Å². The second-order valence-corrected chi connectivity index (χ2v) is 3.10. The number of ether oxygens (including phenoxy) is 1. The Bertz CT molecular complexity index is 324. The summed E-state index contributed by atoms with van der Waals surface area (Å²) < 4.78 is 5.53. The van der Waals surface area contributed by atoms with Crippen LogP contribution in [0.15, 0.2) is 18.2 Å². The maximum absolute atomic E-state index is 5.53. The smallest absolute Gasteiger partial charge is 0.144 e. The van der Waals surface area contributed by atoms with Crippen molar-refractivity contribution in [3.8, 4) is 5.75 Å². The minimum atomic E-state index is 0.804. The second-order valence-electron chi connectivity index (χ2n) is 3.10. The van der Waals surface area contributed by atoms with Gasteiger partial charge in [0.1, 0.15) is 18.0 Å². The summed E-state index contributed by atoms with van der Waals surface area (Å²) >= 11 is 0. The summed E-state index contributed by atoms with van der Waals surface area (Å²) in [6.07, 6.45) is 0. The van der Waals surface area contributed by atoms with Crippen molar-refractivity contribution in [1.82, 2.24) is 0 Å². The van der Waals surface area contributed by atoms with Gasteiger partial charge in [0.25, 0.3) is 0 Å². The fraction of sp³-hybridized carbons (Fsp3) is 0.333. The number of benzene rings is 1. The van der Waals surface area contributed by atoms with E-state index >= 15 is 0 Å². The van der Waals surface area contributed by atoms with E-state index in [1.807, 2.05) is 12.1 Å². The van der Waals surface area contributed by atoms with Crippen LogP contribution in [0, 0.1) is 0 Å². The van der Waals surface area contributed by atoms with Gasteiger partial charge in [0, 0.05) is 0 Å². The third-order valence-electron chi connectivity index (χ3n) is 2.39. The van der Waals surface area contributed by atoms with Crippen molar-refractivity contribution in [2.75, 3.05) is 30.0 Å². The fourth-order valence-electron chi connectivity index (χ4n) is 1.82. The molecule has 0 aliphatic carbocycles. The molecule has 0 saturated carbocycles. The van der Waals surface area contributed by atoms with Crippen LogP contribution in [0.1, 0.15) is 0 Å². The lowest BCUT2D eigenvalue weighted by Crippen LogP contribution is -2.31. The molecule has 1 N–H and O–H groups in total. The maximum atomic E-state index is 5.53. The van der Waals surface area contributed by atoms with Crippen molar-refractivity contribution in [3.05, 3.63) is 18.2 Å². The van der Waals surface area contributed by atoms with Crippen LogP contribution in [-0.4, -0.2) is 19.8 Å². The Hall–Kier alpha value is -1.38.